The summed E-state index contributed by atoms with van der Waals surface area (Å²) in [6.45, 7) is 4.27. The summed E-state index contributed by atoms with van der Waals surface area (Å²) in [5.41, 5.74) is 1.56. The smallest absolute Gasteiger partial charge is 0.164 e. The van der Waals surface area contributed by atoms with Gasteiger partial charge in [0.25, 0.3) is 0 Å². The standard InChI is InChI=1S/C13H18N/c1-3-7-12(8-4-1)13-11-14(13)9-5-2-6-10-14/h1,3-4,7-8,13H,2,5-6,9-11H2/q+1/t13-/m1/s1. The minimum absolute atomic E-state index is 0.844. The number of nitrogens with zero attached hydrogens (tertiary/aromatic N) is 1. The molecule has 1 atom stereocenters. The molecule has 0 aromatic heterocycles. The topological polar surface area (TPSA) is 0 Å². The van der Waals surface area contributed by atoms with Crippen LogP contribution in [0.2, 0.25) is 0 Å². The molecule has 3 rings (SSSR count). The van der Waals surface area contributed by atoms with Crippen LogP contribution in [0.3, 0.4) is 0 Å². The minimum Gasteiger partial charge on any atom is -0.307 e. The lowest BCUT2D eigenvalue weighted by Crippen LogP contribution is -2.32. The van der Waals surface area contributed by atoms with E-state index < -0.39 is 0 Å². The Labute approximate surface area is 85.9 Å². The molecule has 0 aliphatic carbocycles. The van der Waals surface area contributed by atoms with Crippen molar-refractivity contribution in [2.24, 2.45) is 0 Å². The third-order valence-corrected chi connectivity index (χ3v) is 3.96. The highest BCUT2D eigenvalue weighted by atomic mass is 15.5. The fraction of sp³-hybridized carbons (Fsp3) is 0.538. The van der Waals surface area contributed by atoms with E-state index in [0.717, 1.165) is 6.04 Å². The quantitative estimate of drug-likeness (QED) is 0.469. The van der Waals surface area contributed by atoms with Crippen LogP contribution in [0.1, 0.15) is 30.9 Å². The van der Waals surface area contributed by atoms with E-state index in [-0.39, 0.29) is 0 Å². The van der Waals surface area contributed by atoms with Crippen molar-refractivity contribution in [1.82, 2.24) is 0 Å². The summed E-state index contributed by atoms with van der Waals surface area (Å²) in [5.74, 6) is 0. The fourth-order valence-corrected chi connectivity index (χ4v) is 3.03. The number of piperidine rings is 1. The van der Waals surface area contributed by atoms with Crippen LogP contribution in [0.4, 0.5) is 0 Å². The van der Waals surface area contributed by atoms with E-state index in [1.807, 2.05) is 0 Å². The molecule has 14 heavy (non-hydrogen) atoms. The Hall–Kier alpha value is -0.820. The zero-order chi connectivity index (χ0) is 9.43. The van der Waals surface area contributed by atoms with Crippen molar-refractivity contribution in [3.63, 3.8) is 0 Å². The third-order valence-electron chi connectivity index (χ3n) is 3.96. The fourth-order valence-electron chi connectivity index (χ4n) is 3.03. The van der Waals surface area contributed by atoms with Crippen LogP contribution >= 0.6 is 0 Å². The average molecular weight is 188 g/mol. The van der Waals surface area contributed by atoms with Crippen LogP contribution in [0.15, 0.2) is 30.3 Å². The van der Waals surface area contributed by atoms with E-state index in [1.165, 1.54) is 43.4 Å². The lowest BCUT2D eigenvalue weighted by molar-refractivity contribution is -0.822. The van der Waals surface area contributed by atoms with Crippen LogP contribution in [0.5, 0.6) is 0 Å². The van der Waals surface area contributed by atoms with Crippen molar-refractivity contribution < 1.29 is 4.48 Å². The van der Waals surface area contributed by atoms with Gasteiger partial charge in [-0.25, -0.2) is 0 Å². The molecule has 2 saturated heterocycles. The molecular formula is C13H18N+. The normalized spacial score (nSPS) is 29.0. The highest BCUT2D eigenvalue weighted by molar-refractivity contribution is 5.20. The predicted octanol–water partition coefficient (Wildman–Crippen LogP) is 2.74. The third kappa shape index (κ3) is 1.27. The zero-order valence-corrected chi connectivity index (χ0v) is 8.65. The molecule has 1 aromatic rings. The highest BCUT2D eigenvalue weighted by Gasteiger charge is 2.55. The van der Waals surface area contributed by atoms with Gasteiger partial charge in [0.05, 0.1) is 13.1 Å². The van der Waals surface area contributed by atoms with Crippen molar-refractivity contribution in [3.05, 3.63) is 35.9 Å². The van der Waals surface area contributed by atoms with Gasteiger partial charge in [0.15, 0.2) is 6.04 Å². The van der Waals surface area contributed by atoms with Gasteiger partial charge < -0.3 is 4.48 Å². The second-order valence-corrected chi connectivity index (χ2v) is 4.84. The summed E-state index contributed by atoms with van der Waals surface area (Å²) in [4.78, 5) is 0. The van der Waals surface area contributed by atoms with Crippen LogP contribution in [0.25, 0.3) is 0 Å². The lowest BCUT2D eigenvalue weighted by Gasteiger charge is -2.25. The maximum absolute atomic E-state index is 2.30. The number of rotatable bonds is 1. The number of benzene rings is 1. The first-order valence-electron chi connectivity index (χ1n) is 5.81. The predicted molar refractivity (Wildman–Crippen MR) is 57.9 cm³/mol. The molecule has 0 unspecified atom stereocenters. The van der Waals surface area contributed by atoms with E-state index in [0.29, 0.717) is 0 Å². The molecule has 2 heterocycles. The van der Waals surface area contributed by atoms with Crippen LogP contribution in [-0.2, 0) is 0 Å². The molecule has 1 spiro atoms. The van der Waals surface area contributed by atoms with Crippen molar-refractivity contribution in [2.45, 2.75) is 25.3 Å². The molecule has 0 amide bonds. The Morgan fingerprint density at radius 1 is 0.929 bits per heavy atom. The Balaban J connectivity index is 1.78. The molecule has 0 saturated carbocycles. The van der Waals surface area contributed by atoms with Gasteiger partial charge in [-0.3, -0.25) is 0 Å². The van der Waals surface area contributed by atoms with Crippen LogP contribution < -0.4 is 0 Å². The summed E-state index contributed by atoms with van der Waals surface area (Å²) in [6, 6.07) is 11.9. The summed E-state index contributed by atoms with van der Waals surface area (Å²) in [7, 11) is 0. The molecular weight excluding hydrogens is 170 g/mol. The average Bonchev–Trinajstić information content (AvgIpc) is 2.95. The Bertz CT molecular complexity index is 311. The highest BCUT2D eigenvalue weighted by Crippen LogP contribution is 2.46. The Kier molecular flexibility index (Phi) is 1.88. The maximum atomic E-state index is 2.30. The molecule has 1 heteroatoms. The molecule has 0 bridgehead atoms. The monoisotopic (exact) mass is 188 g/mol. The molecule has 2 aliphatic heterocycles. The molecule has 1 aromatic carbocycles. The summed E-state index contributed by atoms with van der Waals surface area (Å²) in [6.07, 6.45) is 4.36. The van der Waals surface area contributed by atoms with E-state index in [2.05, 4.69) is 30.3 Å². The minimum atomic E-state index is 0.844. The van der Waals surface area contributed by atoms with Gasteiger partial charge in [0.1, 0.15) is 6.54 Å². The molecule has 0 N–H and O–H groups in total. The summed E-state index contributed by atoms with van der Waals surface area (Å²) in [5, 5.41) is 0. The van der Waals surface area contributed by atoms with E-state index >= 15 is 0 Å². The van der Waals surface area contributed by atoms with Gasteiger partial charge in [0, 0.05) is 5.56 Å². The lowest BCUT2D eigenvalue weighted by atomic mass is 10.1. The van der Waals surface area contributed by atoms with Crippen molar-refractivity contribution >= 4 is 0 Å². The summed E-state index contributed by atoms with van der Waals surface area (Å²) < 4.78 is 1.41. The van der Waals surface area contributed by atoms with Crippen LogP contribution in [0, 0.1) is 0 Å². The first-order valence-corrected chi connectivity index (χ1v) is 5.81. The zero-order valence-electron chi connectivity index (χ0n) is 8.65. The molecule has 2 aliphatic rings. The largest absolute Gasteiger partial charge is 0.307 e. The van der Waals surface area contributed by atoms with Crippen LogP contribution in [-0.4, -0.2) is 24.1 Å². The number of hydrogen-bond donors (Lipinski definition) is 0. The first-order chi connectivity index (χ1) is 6.91. The van der Waals surface area contributed by atoms with E-state index in [1.54, 1.807) is 5.56 Å². The van der Waals surface area contributed by atoms with Crippen molar-refractivity contribution in [1.29, 1.82) is 0 Å². The van der Waals surface area contributed by atoms with E-state index in [9.17, 15) is 0 Å². The maximum Gasteiger partial charge on any atom is 0.164 e. The second kappa shape index (κ2) is 3.09. The molecule has 1 nitrogen and oxygen atoms in total. The van der Waals surface area contributed by atoms with Gasteiger partial charge >= 0.3 is 0 Å². The van der Waals surface area contributed by atoms with Gasteiger partial charge in [-0.2, -0.15) is 0 Å². The first kappa shape index (κ1) is 8.49. The molecule has 0 radical (unpaired) electrons. The van der Waals surface area contributed by atoms with Gasteiger partial charge in [-0.1, -0.05) is 30.3 Å². The van der Waals surface area contributed by atoms with Crippen molar-refractivity contribution in [3.8, 4) is 0 Å². The van der Waals surface area contributed by atoms with Gasteiger partial charge in [-0.15, -0.1) is 0 Å². The molecule has 74 valence electrons. The Morgan fingerprint density at radius 2 is 1.64 bits per heavy atom. The van der Waals surface area contributed by atoms with Crippen molar-refractivity contribution in [2.75, 3.05) is 19.6 Å². The summed E-state index contributed by atoms with van der Waals surface area (Å²) >= 11 is 0. The Morgan fingerprint density at radius 3 is 2.36 bits per heavy atom. The van der Waals surface area contributed by atoms with Gasteiger partial charge in [-0.05, 0) is 19.3 Å². The van der Waals surface area contributed by atoms with E-state index in [4.69, 9.17) is 0 Å². The second-order valence-electron chi connectivity index (χ2n) is 4.84. The number of hydrogen-bond acceptors (Lipinski definition) is 0. The molecule has 2 fully saturated rings. The SMILES string of the molecule is c1ccc([C@H]2C[N+]23CCCCC3)cc1. The number of quaternary nitrogens is 1. The van der Waals surface area contributed by atoms with Gasteiger partial charge in [0.2, 0.25) is 0 Å².